The molecule has 0 fully saturated rings. The minimum atomic E-state index is -3.82. The van der Waals surface area contributed by atoms with E-state index in [0.29, 0.717) is 12.1 Å². The number of aromatic amines is 1. The van der Waals surface area contributed by atoms with Crippen LogP contribution in [0, 0.1) is 5.82 Å². The number of sulfonamides is 1. The number of halogens is 1. The molecule has 0 bridgehead atoms. The highest BCUT2D eigenvalue weighted by Crippen LogP contribution is 2.25. The van der Waals surface area contributed by atoms with Gasteiger partial charge in [0.05, 0.1) is 11.0 Å². The minimum absolute atomic E-state index is 0.0687. The number of aromatic nitrogens is 1. The predicted octanol–water partition coefficient (Wildman–Crippen LogP) is 2.40. The van der Waals surface area contributed by atoms with Crippen LogP contribution in [-0.4, -0.2) is 32.2 Å². The lowest BCUT2D eigenvalue weighted by Gasteiger charge is -2.24. The zero-order valence-corrected chi connectivity index (χ0v) is 13.1. The van der Waals surface area contributed by atoms with Crippen LogP contribution in [-0.2, 0) is 14.8 Å². The van der Waals surface area contributed by atoms with Crippen molar-refractivity contribution >= 4 is 20.9 Å². The molecule has 0 aliphatic carbocycles. The summed E-state index contributed by atoms with van der Waals surface area (Å²) in [6.07, 6.45) is 1.30. The zero-order valence-electron chi connectivity index (χ0n) is 12.2. The van der Waals surface area contributed by atoms with E-state index in [9.17, 15) is 12.8 Å². The molecule has 2 N–H and O–H groups in total. The van der Waals surface area contributed by atoms with E-state index in [2.05, 4.69) is 9.71 Å². The SMILES string of the molecule is CCOC(C)(C)CNS(=O)(=O)c1c[nH]c2cccc(F)c12. The van der Waals surface area contributed by atoms with E-state index < -0.39 is 21.4 Å². The number of benzene rings is 1. The van der Waals surface area contributed by atoms with E-state index in [-0.39, 0.29) is 16.8 Å². The molecular formula is C14H19FN2O3S. The summed E-state index contributed by atoms with van der Waals surface area (Å²) in [4.78, 5) is 2.67. The second-order valence-corrected chi connectivity index (χ2v) is 7.07. The van der Waals surface area contributed by atoms with Crippen LogP contribution in [0.4, 0.5) is 4.39 Å². The summed E-state index contributed by atoms with van der Waals surface area (Å²) in [5, 5.41) is 0.0687. The number of nitrogens with one attached hydrogen (secondary N) is 2. The molecule has 0 radical (unpaired) electrons. The van der Waals surface area contributed by atoms with Gasteiger partial charge in [-0.05, 0) is 32.9 Å². The third-order valence-electron chi connectivity index (χ3n) is 3.13. The molecule has 2 aromatic rings. The summed E-state index contributed by atoms with van der Waals surface area (Å²) >= 11 is 0. The van der Waals surface area contributed by atoms with E-state index >= 15 is 0 Å². The topological polar surface area (TPSA) is 71.2 Å². The Bertz CT molecular complexity index is 738. The van der Waals surface area contributed by atoms with Gasteiger partial charge < -0.3 is 9.72 Å². The van der Waals surface area contributed by atoms with Crippen molar-refractivity contribution in [3.8, 4) is 0 Å². The van der Waals surface area contributed by atoms with Crippen molar-refractivity contribution in [2.45, 2.75) is 31.3 Å². The third kappa shape index (κ3) is 3.42. The molecule has 0 amide bonds. The number of rotatable bonds is 6. The van der Waals surface area contributed by atoms with Crippen LogP contribution in [0.2, 0.25) is 0 Å². The average Bonchev–Trinajstić information content (AvgIpc) is 2.83. The van der Waals surface area contributed by atoms with Crippen molar-refractivity contribution in [3.63, 3.8) is 0 Å². The van der Waals surface area contributed by atoms with Crippen LogP contribution >= 0.6 is 0 Å². The van der Waals surface area contributed by atoms with Crippen molar-refractivity contribution in [2.24, 2.45) is 0 Å². The largest absolute Gasteiger partial charge is 0.375 e. The summed E-state index contributed by atoms with van der Waals surface area (Å²) in [5.74, 6) is -0.571. The lowest BCUT2D eigenvalue weighted by Crippen LogP contribution is -2.40. The molecule has 2 rings (SSSR count). The number of H-pyrrole nitrogens is 1. The van der Waals surface area contributed by atoms with E-state index in [0.717, 1.165) is 0 Å². The van der Waals surface area contributed by atoms with Crippen molar-refractivity contribution < 1.29 is 17.5 Å². The lowest BCUT2D eigenvalue weighted by atomic mass is 10.1. The molecule has 21 heavy (non-hydrogen) atoms. The van der Waals surface area contributed by atoms with Gasteiger partial charge in [0.2, 0.25) is 10.0 Å². The lowest BCUT2D eigenvalue weighted by molar-refractivity contribution is -0.00514. The highest BCUT2D eigenvalue weighted by Gasteiger charge is 2.25. The molecule has 1 aromatic carbocycles. The highest BCUT2D eigenvalue weighted by atomic mass is 32.2. The Balaban J connectivity index is 2.31. The molecule has 1 heterocycles. The summed E-state index contributed by atoms with van der Waals surface area (Å²) in [6.45, 7) is 6.00. The molecule has 0 saturated heterocycles. The third-order valence-corrected chi connectivity index (χ3v) is 4.56. The Morgan fingerprint density at radius 2 is 2.10 bits per heavy atom. The minimum Gasteiger partial charge on any atom is -0.375 e. The number of hydrogen-bond donors (Lipinski definition) is 2. The van der Waals surface area contributed by atoms with E-state index in [4.69, 9.17) is 4.74 Å². The van der Waals surface area contributed by atoms with Gasteiger partial charge in [0, 0.05) is 24.9 Å². The second-order valence-electron chi connectivity index (χ2n) is 5.33. The first-order valence-corrected chi connectivity index (χ1v) is 8.14. The Hall–Kier alpha value is -1.44. The van der Waals surface area contributed by atoms with Gasteiger partial charge in [-0.2, -0.15) is 0 Å². The van der Waals surface area contributed by atoms with Crippen LogP contribution in [0.5, 0.6) is 0 Å². The number of ether oxygens (including phenoxy) is 1. The van der Waals surface area contributed by atoms with Gasteiger partial charge in [0.25, 0.3) is 0 Å². The maximum absolute atomic E-state index is 13.9. The van der Waals surface area contributed by atoms with Crippen molar-refractivity contribution in [3.05, 3.63) is 30.2 Å². The normalized spacial score (nSPS) is 13.0. The monoisotopic (exact) mass is 314 g/mol. The molecule has 0 unspecified atom stereocenters. The summed E-state index contributed by atoms with van der Waals surface area (Å²) in [7, 11) is -3.82. The maximum Gasteiger partial charge on any atom is 0.242 e. The summed E-state index contributed by atoms with van der Waals surface area (Å²) in [5.41, 5.74) is -0.189. The van der Waals surface area contributed by atoms with Crippen LogP contribution in [0.15, 0.2) is 29.3 Å². The Morgan fingerprint density at radius 3 is 2.76 bits per heavy atom. The second kappa shape index (κ2) is 5.75. The molecule has 5 nitrogen and oxygen atoms in total. The molecule has 1 aromatic heterocycles. The van der Waals surface area contributed by atoms with Crippen molar-refractivity contribution in [2.75, 3.05) is 13.2 Å². The van der Waals surface area contributed by atoms with Crippen LogP contribution in [0.3, 0.4) is 0 Å². The highest BCUT2D eigenvalue weighted by molar-refractivity contribution is 7.89. The molecule has 0 aliphatic rings. The zero-order chi connectivity index (χ0) is 15.7. The molecular weight excluding hydrogens is 295 g/mol. The average molecular weight is 314 g/mol. The Labute approximate surface area is 123 Å². The van der Waals surface area contributed by atoms with Crippen molar-refractivity contribution in [1.82, 2.24) is 9.71 Å². The van der Waals surface area contributed by atoms with E-state index in [1.807, 2.05) is 6.92 Å². The standard InChI is InChI=1S/C14H19FN2O3S/c1-4-20-14(2,3)9-17-21(18,19)12-8-16-11-7-5-6-10(15)13(11)12/h5-8,16-17H,4,9H2,1-3H3. The summed E-state index contributed by atoms with van der Waals surface area (Å²) in [6, 6.07) is 4.39. The van der Waals surface area contributed by atoms with Gasteiger partial charge in [-0.25, -0.2) is 17.5 Å². The van der Waals surface area contributed by atoms with Gasteiger partial charge in [-0.3, -0.25) is 0 Å². The Kier molecular flexibility index (Phi) is 4.36. The first kappa shape index (κ1) is 15.9. The maximum atomic E-state index is 13.9. The quantitative estimate of drug-likeness (QED) is 0.860. The molecule has 0 aliphatic heterocycles. The summed E-state index contributed by atoms with van der Waals surface area (Å²) < 4.78 is 46.5. The first-order chi connectivity index (χ1) is 9.77. The van der Waals surface area contributed by atoms with Gasteiger partial charge in [-0.1, -0.05) is 6.07 Å². The smallest absolute Gasteiger partial charge is 0.242 e. The molecule has 0 atom stereocenters. The van der Waals surface area contributed by atoms with Gasteiger partial charge in [-0.15, -0.1) is 0 Å². The molecule has 7 heteroatoms. The van der Waals surface area contributed by atoms with Gasteiger partial charge in [0.1, 0.15) is 10.7 Å². The van der Waals surface area contributed by atoms with Crippen LogP contribution in [0.25, 0.3) is 10.9 Å². The molecule has 0 saturated carbocycles. The number of hydrogen-bond acceptors (Lipinski definition) is 3. The van der Waals surface area contributed by atoms with E-state index in [1.165, 1.54) is 18.3 Å². The van der Waals surface area contributed by atoms with Crippen LogP contribution < -0.4 is 4.72 Å². The fraction of sp³-hybridized carbons (Fsp3) is 0.429. The van der Waals surface area contributed by atoms with Crippen molar-refractivity contribution in [1.29, 1.82) is 0 Å². The first-order valence-electron chi connectivity index (χ1n) is 6.66. The van der Waals surface area contributed by atoms with Crippen LogP contribution in [0.1, 0.15) is 20.8 Å². The number of fused-ring (bicyclic) bond motifs is 1. The molecule has 116 valence electrons. The molecule has 0 spiro atoms. The van der Waals surface area contributed by atoms with Gasteiger partial charge in [0.15, 0.2) is 0 Å². The predicted molar refractivity (Wildman–Crippen MR) is 79.2 cm³/mol. The Morgan fingerprint density at radius 1 is 1.38 bits per heavy atom. The van der Waals surface area contributed by atoms with E-state index in [1.54, 1.807) is 19.9 Å². The fourth-order valence-electron chi connectivity index (χ4n) is 2.11. The van der Waals surface area contributed by atoms with Gasteiger partial charge >= 0.3 is 0 Å². The fourth-order valence-corrected chi connectivity index (χ4v) is 3.49.